The Balaban J connectivity index is 1.79. The summed E-state index contributed by atoms with van der Waals surface area (Å²) >= 11 is 0. The monoisotopic (exact) mass is 592 g/mol. The molecule has 4 rings (SSSR count). The van der Waals surface area contributed by atoms with Gasteiger partial charge in [0, 0.05) is 18.3 Å². The molecule has 1 fully saturated rings. The first kappa shape index (κ1) is 31.9. The molecular formula is C34H40O9. The number of ketones is 1. The summed E-state index contributed by atoms with van der Waals surface area (Å²) in [7, 11) is 1.19. The highest BCUT2D eigenvalue weighted by molar-refractivity contribution is 5.98. The lowest BCUT2D eigenvalue weighted by atomic mass is 9.82. The molecule has 1 heterocycles. The Labute approximate surface area is 251 Å². The van der Waals surface area contributed by atoms with Crippen LogP contribution < -0.4 is 4.74 Å². The molecule has 0 aliphatic carbocycles. The third-order valence-corrected chi connectivity index (χ3v) is 7.58. The maximum atomic E-state index is 13.1. The van der Waals surface area contributed by atoms with E-state index in [-0.39, 0.29) is 18.1 Å². The molecule has 3 aromatic rings. The molecule has 0 aromatic heterocycles. The summed E-state index contributed by atoms with van der Waals surface area (Å²) in [6, 6.07) is 17.6. The Bertz CT molecular complexity index is 1490. The zero-order valence-electron chi connectivity index (χ0n) is 25.7. The van der Waals surface area contributed by atoms with E-state index in [1.807, 2.05) is 42.5 Å². The lowest BCUT2D eigenvalue weighted by molar-refractivity contribution is -0.269. The van der Waals surface area contributed by atoms with Crippen LogP contribution in [0.5, 0.6) is 5.75 Å². The van der Waals surface area contributed by atoms with Crippen LogP contribution in [-0.2, 0) is 38.1 Å². The van der Waals surface area contributed by atoms with Crippen LogP contribution in [-0.4, -0.2) is 55.4 Å². The smallest absolute Gasteiger partial charge is 0.339 e. The van der Waals surface area contributed by atoms with Gasteiger partial charge in [0.2, 0.25) is 6.29 Å². The van der Waals surface area contributed by atoms with Crippen LogP contribution in [0.4, 0.5) is 0 Å². The summed E-state index contributed by atoms with van der Waals surface area (Å²) in [6.07, 6.45) is -5.34. The second-order valence-corrected chi connectivity index (χ2v) is 11.9. The van der Waals surface area contributed by atoms with E-state index in [9.17, 15) is 19.2 Å². The molecule has 0 spiro atoms. The van der Waals surface area contributed by atoms with Crippen molar-refractivity contribution < 1.29 is 42.9 Å². The number of benzene rings is 3. The number of carbonyl (C=O) groups is 4. The third-order valence-electron chi connectivity index (χ3n) is 7.58. The highest BCUT2D eigenvalue weighted by Crippen LogP contribution is 2.37. The molecule has 230 valence electrons. The fourth-order valence-electron chi connectivity index (χ4n) is 4.97. The van der Waals surface area contributed by atoms with Gasteiger partial charge >= 0.3 is 17.9 Å². The molecule has 9 nitrogen and oxygen atoms in total. The Kier molecular flexibility index (Phi) is 10.1. The number of ether oxygens (including phenoxy) is 5. The first-order valence-corrected chi connectivity index (χ1v) is 14.7. The minimum absolute atomic E-state index is 0.149. The van der Waals surface area contributed by atoms with Gasteiger partial charge in [-0.25, -0.2) is 4.79 Å². The standard InChI is InChI=1S/C34H40O9/c1-18(2)27(35)17-26-28(41-31(36)19(3)4)30(33(38)39-7)43-34(29(26)42-32(37)20(5)6)40-25-13-12-23-14-21-10-8-9-11-22(21)15-24(23)16-25/h8-16,18-20,26,28-30,34H,17H2,1-7H3. The van der Waals surface area contributed by atoms with E-state index in [1.54, 1.807) is 47.6 Å². The van der Waals surface area contributed by atoms with Gasteiger partial charge in [0.25, 0.3) is 0 Å². The molecule has 1 aliphatic heterocycles. The van der Waals surface area contributed by atoms with Gasteiger partial charge in [0.05, 0.1) is 18.9 Å². The molecule has 0 saturated carbocycles. The van der Waals surface area contributed by atoms with Crippen molar-refractivity contribution in [1.29, 1.82) is 0 Å². The van der Waals surface area contributed by atoms with Crippen LogP contribution in [0, 0.1) is 23.7 Å². The lowest BCUT2D eigenvalue weighted by Gasteiger charge is -2.44. The van der Waals surface area contributed by atoms with Gasteiger partial charge in [-0.2, -0.15) is 0 Å². The van der Waals surface area contributed by atoms with Crippen LogP contribution in [0.3, 0.4) is 0 Å². The predicted octanol–water partition coefficient (Wildman–Crippen LogP) is 5.64. The second-order valence-electron chi connectivity index (χ2n) is 11.9. The van der Waals surface area contributed by atoms with E-state index in [4.69, 9.17) is 23.7 Å². The third kappa shape index (κ3) is 7.33. The zero-order chi connectivity index (χ0) is 31.4. The predicted molar refractivity (Wildman–Crippen MR) is 160 cm³/mol. The van der Waals surface area contributed by atoms with E-state index in [0.29, 0.717) is 5.75 Å². The molecule has 0 N–H and O–H groups in total. The number of Topliss-reactive ketones (excluding diaryl/α,β-unsaturated/α-hetero) is 1. The summed E-state index contributed by atoms with van der Waals surface area (Å²) in [5.41, 5.74) is 0. The normalized spacial score (nSPS) is 22.1. The fourth-order valence-corrected chi connectivity index (χ4v) is 4.97. The van der Waals surface area contributed by atoms with Crippen LogP contribution in [0.25, 0.3) is 21.5 Å². The van der Waals surface area contributed by atoms with Gasteiger partial charge in [0.1, 0.15) is 17.6 Å². The quantitative estimate of drug-likeness (QED) is 0.168. The van der Waals surface area contributed by atoms with Crippen molar-refractivity contribution >= 4 is 45.2 Å². The highest BCUT2D eigenvalue weighted by Gasteiger charge is 2.54. The van der Waals surface area contributed by atoms with Gasteiger partial charge in [0.15, 0.2) is 12.2 Å². The molecule has 0 bridgehead atoms. The van der Waals surface area contributed by atoms with E-state index >= 15 is 0 Å². The van der Waals surface area contributed by atoms with Crippen molar-refractivity contribution in [2.24, 2.45) is 23.7 Å². The minimum Gasteiger partial charge on any atom is -0.467 e. The van der Waals surface area contributed by atoms with Gasteiger partial charge in [-0.15, -0.1) is 0 Å². The van der Waals surface area contributed by atoms with Crippen LogP contribution in [0.15, 0.2) is 54.6 Å². The van der Waals surface area contributed by atoms with Crippen LogP contribution in [0.2, 0.25) is 0 Å². The van der Waals surface area contributed by atoms with Gasteiger partial charge in [-0.1, -0.05) is 71.9 Å². The molecule has 43 heavy (non-hydrogen) atoms. The highest BCUT2D eigenvalue weighted by atomic mass is 16.7. The molecule has 0 amide bonds. The Morgan fingerprint density at radius 1 is 0.721 bits per heavy atom. The van der Waals surface area contributed by atoms with Crippen molar-refractivity contribution in [3.8, 4) is 5.75 Å². The van der Waals surface area contributed by atoms with E-state index < -0.39 is 60.3 Å². The molecular weight excluding hydrogens is 552 g/mol. The summed E-state index contributed by atoms with van der Waals surface area (Å²) < 4.78 is 29.2. The lowest BCUT2D eigenvalue weighted by Crippen LogP contribution is -2.61. The maximum absolute atomic E-state index is 13.1. The molecule has 1 saturated heterocycles. The second kappa shape index (κ2) is 13.5. The number of hydrogen-bond donors (Lipinski definition) is 0. The van der Waals surface area contributed by atoms with Crippen molar-refractivity contribution in [3.63, 3.8) is 0 Å². The molecule has 5 unspecified atom stereocenters. The Morgan fingerprint density at radius 2 is 1.28 bits per heavy atom. The number of rotatable bonds is 10. The number of methoxy groups -OCH3 is 1. The zero-order valence-corrected chi connectivity index (χ0v) is 25.7. The average Bonchev–Trinajstić information content (AvgIpc) is 2.97. The summed E-state index contributed by atoms with van der Waals surface area (Å²) in [5, 5.41) is 4.05. The van der Waals surface area contributed by atoms with Crippen molar-refractivity contribution in [2.45, 2.75) is 72.6 Å². The molecule has 9 heteroatoms. The van der Waals surface area contributed by atoms with Gasteiger partial charge < -0.3 is 23.7 Å². The average molecular weight is 593 g/mol. The van der Waals surface area contributed by atoms with E-state index in [2.05, 4.69) is 6.07 Å². The first-order valence-electron chi connectivity index (χ1n) is 14.7. The number of carbonyl (C=O) groups excluding carboxylic acids is 4. The topological polar surface area (TPSA) is 114 Å². The fraction of sp³-hybridized carbons (Fsp3) is 0.471. The van der Waals surface area contributed by atoms with Crippen molar-refractivity contribution in [2.75, 3.05) is 7.11 Å². The van der Waals surface area contributed by atoms with Crippen LogP contribution >= 0.6 is 0 Å². The summed E-state index contributed by atoms with van der Waals surface area (Å²) in [4.78, 5) is 51.9. The molecule has 1 aliphatic rings. The minimum atomic E-state index is -1.43. The number of fused-ring (bicyclic) bond motifs is 2. The number of esters is 3. The SMILES string of the molecule is COC(=O)C1OC(Oc2ccc3cc4ccccc4cc3c2)C(OC(=O)C(C)C)C(CC(=O)C(C)C)C1OC(=O)C(C)C. The Morgan fingerprint density at radius 3 is 1.84 bits per heavy atom. The van der Waals surface area contributed by atoms with E-state index in [0.717, 1.165) is 21.5 Å². The van der Waals surface area contributed by atoms with Gasteiger partial charge in [-0.05, 0) is 45.8 Å². The molecule has 5 atom stereocenters. The molecule has 0 radical (unpaired) electrons. The Hall–Kier alpha value is -3.98. The van der Waals surface area contributed by atoms with Crippen molar-refractivity contribution in [3.05, 3.63) is 54.6 Å². The van der Waals surface area contributed by atoms with Gasteiger partial charge in [-0.3, -0.25) is 14.4 Å². The maximum Gasteiger partial charge on any atom is 0.339 e. The van der Waals surface area contributed by atoms with E-state index in [1.165, 1.54) is 7.11 Å². The molecule has 3 aromatic carbocycles. The van der Waals surface area contributed by atoms with Crippen molar-refractivity contribution in [1.82, 2.24) is 0 Å². The van der Waals surface area contributed by atoms with Crippen LogP contribution in [0.1, 0.15) is 48.0 Å². The first-order chi connectivity index (χ1) is 20.4. The summed E-state index contributed by atoms with van der Waals surface area (Å²) in [5.74, 6) is -4.08. The number of hydrogen-bond acceptors (Lipinski definition) is 9. The largest absolute Gasteiger partial charge is 0.467 e. The summed E-state index contributed by atoms with van der Waals surface area (Å²) in [6.45, 7) is 10.2.